The second kappa shape index (κ2) is 13.0. The van der Waals surface area contributed by atoms with E-state index in [0.717, 1.165) is 57.4 Å². The summed E-state index contributed by atoms with van der Waals surface area (Å²) in [6, 6.07) is 11.9. The van der Waals surface area contributed by atoms with Gasteiger partial charge in [-0.1, -0.05) is 12.1 Å². The quantitative estimate of drug-likeness (QED) is 0.215. The molecule has 5 rings (SSSR count). The van der Waals surface area contributed by atoms with Crippen molar-refractivity contribution in [2.45, 2.75) is 45.1 Å². The molecule has 0 amide bonds. The van der Waals surface area contributed by atoms with Crippen molar-refractivity contribution in [1.82, 2.24) is 15.0 Å². The van der Waals surface area contributed by atoms with Crippen molar-refractivity contribution in [2.75, 3.05) is 48.5 Å². The fourth-order valence-corrected chi connectivity index (χ4v) is 4.89. The molecule has 1 aromatic heterocycles. The highest BCUT2D eigenvalue weighted by atomic mass is 16.6. The first-order valence-corrected chi connectivity index (χ1v) is 13.7. The number of nitro benzene ring substituents is 1. The third-order valence-corrected chi connectivity index (χ3v) is 7.03. The summed E-state index contributed by atoms with van der Waals surface area (Å²) in [5, 5.41) is 15.7. The molecule has 2 saturated heterocycles. The van der Waals surface area contributed by atoms with Gasteiger partial charge in [0.1, 0.15) is 6.61 Å². The average molecular weight is 547 g/mol. The molecule has 1 N–H and O–H groups in total. The number of para-hydroxylation sites is 1. The Hall–Kier alpha value is -4.48. The van der Waals surface area contributed by atoms with Crippen LogP contribution in [0, 0.1) is 10.1 Å². The molecule has 0 radical (unpaired) electrons. The minimum absolute atomic E-state index is 0.00794. The smallest absolute Gasteiger partial charge is 0.276 e. The van der Waals surface area contributed by atoms with Crippen molar-refractivity contribution in [1.29, 1.82) is 0 Å². The number of nitrogens with one attached hydrogen (secondary N) is 1. The van der Waals surface area contributed by atoms with E-state index in [9.17, 15) is 10.1 Å². The molecule has 2 aromatic carbocycles. The van der Waals surface area contributed by atoms with Crippen LogP contribution < -0.4 is 24.7 Å². The Morgan fingerprint density at radius 1 is 0.925 bits per heavy atom. The topological polar surface area (TPSA) is 131 Å². The Kier molecular flexibility index (Phi) is 8.84. The van der Waals surface area contributed by atoms with Crippen LogP contribution >= 0.6 is 0 Å². The Balaban J connectivity index is 1.32. The molecule has 2 aliphatic rings. The predicted octanol–water partition coefficient (Wildman–Crippen LogP) is 4.79. The van der Waals surface area contributed by atoms with Crippen LogP contribution in [-0.2, 0) is 6.61 Å². The van der Waals surface area contributed by atoms with Crippen molar-refractivity contribution >= 4 is 29.7 Å². The molecular formula is C28H34N8O4. The fraction of sp³-hybridized carbons (Fsp3) is 0.429. The van der Waals surface area contributed by atoms with E-state index in [0.29, 0.717) is 34.9 Å². The van der Waals surface area contributed by atoms with E-state index in [2.05, 4.69) is 30.3 Å². The van der Waals surface area contributed by atoms with Crippen molar-refractivity contribution in [3.63, 3.8) is 0 Å². The summed E-state index contributed by atoms with van der Waals surface area (Å²) in [6.45, 7) is 3.77. The fourth-order valence-electron chi connectivity index (χ4n) is 4.89. The first kappa shape index (κ1) is 27.1. The van der Waals surface area contributed by atoms with E-state index in [4.69, 9.17) is 14.5 Å². The van der Waals surface area contributed by atoms with Gasteiger partial charge in [-0.2, -0.15) is 20.1 Å². The largest absolute Gasteiger partial charge is 0.493 e. The number of rotatable bonds is 10. The number of hydrazone groups is 1. The molecule has 0 saturated carbocycles. The molecule has 0 bridgehead atoms. The molecule has 2 aliphatic heterocycles. The van der Waals surface area contributed by atoms with E-state index < -0.39 is 4.92 Å². The maximum atomic E-state index is 11.3. The van der Waals surface area contributed by atoms with Gasteiger partial charge in [-0.25, -0.2) is 5.43 Å². The van der Waals surface area contributed by atoms with Gasteiger partial charge in [-0.05, 0) is 68.4 Å². The third-order valence-electron chi connectivity index (χ3n) is 7.03. The highest BCUT2D eigenvalue weighted by molar-refractivity contribution is 5.81. The summed E-state index contributed by atoms with van der Waals surface area (Å²) in [6.07, 6.45) is 8.62. The highest BCUT2D eigenvalue weighted by Gasteiger charge is 2.20. The zero-order valence-electron chi connectivity index (χ0n) is 22.7. The molecule has 210 valence electrons. The van der Waals surface area contributed by atoms with Crippen LogP contribution in [0.1, 0.15) is 49.7 Å². The Morgan fingerprint density at radius 3 is 2.20 bits per heavy atom. The molecule has 0 atom stereocenters. The highest BCUT2D eigenvalue weighted by Crippen LogP contribution is 2.30. The van der Waals surface area contributed by atoms with E-state index >= 15 is 0 Å². The molecule has 3 heterocycles. The molecular weight excluding hydrogens is 512 g/mol. The minimum atomic E-state index is -0.417. The Labute approximate surface area is 233 Å². The molecule has 2 fully saturated rings. The Bertz CT molecular complexity index is 1300. The lowest BCUT2D eigenvalue weighted by molar-refractivity contribution is -0.385. The lowest BCUT2D eigenvalue weighted by Crippen LogP contribution is -2.34. The summed E-state index contributed by atoms with van der Waals surface area (Å²) in [5.74, 6) is 2.73. The SMILES string of the molecule is COc1ccc(/C=N\Nc2nc(N3CCCCC3)nc(N3CCCCC3)n2)cc1OCc1ccccc1[N+](=O)[O-]. The number of aromatic nitrogens is 3. The Morgan fingerprint density at radius 2 is 1.57 bits per heavy atom. The van der Waals surface area contributed by atoms with Crippen molar-refractivity contribution < 1.29 is 14.4 Å². The van der Waals surface area contributed by atoms with E-state index in [1.807, 2.05) is 6.07 Å². The number of methoxy groups -OCH3 is 1. The average Bonchev–Trinajstić information content (AvgIpc) is 3.01. The number of ether oxygens (including phenoxy) is 2. The van der Waals surface area contributed by atoms with E-state index in [1.165, 1.54) is 18.9 Å². The lowest BCUT2D eigenvalue weighted by atomic mass is 10.1. The van der Waals surface area contributed by atoms with Gasteiger partial charge in [0.25, 0.3) is 5.69 Å². The summed E-state index contributed by atoms with van der Waals surface area (Å²) in [4.78, 5) is 29.5. The maximum Gasteiger partial charge on any atom is 0.276 e. The summed E-state index contributed by atoms with van der Waals surface area (Å²) in [5.41, 5.74) is 4.21. The van der Waals surface area contributed by atoms with Crippen LogP contribution in [0.15, 0.2) is 47.6 Å². The summed E-state index contributed by atoms with van der Waals surface area (Å²) in [7, 11) is 1.54. The second-order valence-electron chi connectivity index (χ2n) is 9.81. The number of nitro groups is 1. The van der Waals surface area contributed by atoms with Crippen molar-refractivity contribution in [3.05, 3.63) is 63.7 Å². The van der Waals surface area contributed by atoms with Crippen LogP contribution in [0.2, 0.25) is 0 Å². The van der Waals surface area contributed by atoms with Crippen LogP contribution in [0.3, 0.4) is 0 Å². The number of anilines is 3. The molecule has 12 heteroatoms. The number of benzene rings is 2. The van der Waals surface area contributed by atoms with E-state index in [1.54, 1.807) is 43.7 Å². The van der Waals surface area contributed by atoms with Gasteiger partial charge in [0.15, 0.2) is 11.5 Å². The van der Waals surface area contributed by atoms with Gasteiger partial charge < -0.3 is 19.3 Å². The molecule has 12 nitrogen and oxygen atoms in total. The monoisotopic (exact) mass is 546 g/mol. The minimum Gasteiger partial charge on any atom is -0.493 e. The van der Waals surface area contributed by atoms with Gasteiger partial charge in [0.05, 0.1) is 23.8 Å². The van der Waals surface area contributed by atoms with E-state index in [-0.39, 0.29) is 12.3 Å². The van der Waals surface area contributed by atoms with Crippen molar-refractivity contribution in [3.8, 4) is 11.5 Å². The van der Waals surface area contributed by atoms with Crippen molar-refractivity contribution in [2.24, 2.45) is 5.10 Å². The zero-order chi connectivity index (χ0) is 27.7. The molecule has 0 unspecified atom stereocenters. The van der Waals surface area contributed by atoms with Gasteiger partial charge in [-0.3, -0.25) is 10.1 Å². The number of hydrogen-bond donors (Lipinski definition) is 1. The molecule has 0 spiro atoms. The number of nitrogens with zero attached hydrogens (tertiary/aromatic N) is 7. The molecule has 40 heavy (non-hydrogen) atoms. The first-order chi connectivity index (χ1) is 19.6. The van der Waals surface area contributed by atoms with Crippen LogP contribution in [0.4, 0.5) is 23.5 Å². The predicted molar refractivity (Wildman–Crippen MR) is 154 cm³/mol. The van der Waals surface area contributed by atoms with Crippen LogP contribution in [-0.4, -0.2) is 59.4 Å². The normalized spacial score (nSPS) is 15.7. The molecule has 3 aromatic rings. The maximum absolute atomic E-state index is 11.3. The first-order valence-electron chi connectivity index (χ1n) is 13.7. The van der Waals surface area contributed by atoms with Gasteiger partial charge in [0, 0.05) is 32.2 Å². The standard InChI is InChI=1S/C28H34N8O4/c1-39-24-13-12-21(18-25(24)40-20-22-10-4-5-11-23(22)36(37)38)19-29-33-26-30-27(34-14-6-2-7-15-34)32-28(31-26)35-16-8-3-9-17-35/h4-5,10-13,18-19H,2-3,6-9,14-17,20H2,1H3,(H,30,31,32,33)/b29-19-. The molecule has 0 aliphatic carbocycles. The van der Waals surface area contributed by atoms with Gasteiger partial charge in [-0.15, -0.1) is 0 Å². The number of piperidine rings is 2. The second-order valence-corrected chi connectivity index (χ2v) is 9.81. The van der Waals surface area contributed by atoms with Gasteiger partial charge in [0.2, 0.25) is 17.8 Å². The lowest BCUT2D eigenvalue weighted by Gasteiger charge is -2.30. The third kappa shape index (κ3) is 6.74. The summed E-state index contributed by atoms with van der Waals surface area (Å²) >= 11 is 0. The van der Waals surface area contributed by atoms with Gasteiger partial charge >= 0.3 is 0 Å². The number of hydrogen-bond acceptors (Lipinski definition) is 11. The summed E-state index contributed by atoms with van der Waals surface area (Å²) < 4.78 is 11.3. The van der Waals surface area contributed by atoms with Crippen LogP contribution in [0.5, 0.6) is 11.5 Å². The van der Waals surface area contributed by atoms with Crippen LogP contribution in [0.25, 0.3) is 0 Å². The zero-order valence-corrected chi connectivity index (χ0v) is 22.7.